The Morgan fingerprint density at radius 2 is 1.79 bits per heavy atom. The molecule has 0 spiro atoms. The Kier molecular flexibility index (Phi) is 3.45. The lowest BCUT2D eigenvalue weighted by molar-refractivity contribution is 0.0999. The zero-order valence-corrected chi connectivity index (χ0v) is 8.66. The van der Waals surface area contributed by atoms with E-state index in [0.29, 0.717) is 0 Å². The Morgan fingerprint density at radius 3 is 2.21 bits per heavy atom. The van der Waals surface area contributed by atoms with E-state index in [1.54, 1.807) is 0 Å². The molecule has 0 aliphatic heterocycles. The van der Waals surface area contributed by atoms with Crippen LogP contribution >= 0.6 is 23.2 Å². The highest BCUT2D eigenvalue weighted by atomic mass is 35.5. The molecule has 1 aromatic rings. The van der Waals surface area contributed by atoms with Gasteiger partial charge in [-0.1, -0.05) is 23.2 Å². The van der Waals surface area contributed by atoms with E-state index in [1.807, 2.05) is 0 Å². The van der Waals surface area contributed by atoms with E-state index in [9.17, 15) is 13.6 Å². The van der Waals surface area contributed by atoms with E-state index in [4.69, 9.17) is 23.2 Å². The molecule has 5 heteroatoms. The van der Waals surface area contributed by atoms with Crippen molar-refractivity contribution in [3.8, 4) is 0 Å². The van der Waals surface area contributed by atoms with Crippen LogP contribution < -0.4 is 0 Å². The molecule has 0 unspecified atom stereocenters. The Morgan fingerprint density at radius 1 is 1.29 bits per heavy atom. The van der Waals surface area contributed by atoms with Crippen molar-refractivity contribution in [2.45, 2.75) is 13.3 Å². The molecule has 0 aliphatic carbocycles. The number of alkyl halides is 2. The maximum Gasteiger partial charge on any atom is 0.264 e. The molecule has 0 N–H and O–H groups in total. The minimum Gasteiger partial charge on any atom is -0.294 e. The van der Waals surface area contributed by atoms with E-state index in [2.05, 4.69) is 0 Å². The summed E-state index contributed by atoms with van der Waals surface area (Å²) < 4.78 is 24.9. The van der Waals surface area contributed by atoms with Gasteiger partial charge in [-0.2, -0.15) is 0 Å². The molecule has 76 valence electrons. The van der Waals surface area contributed by atoms with Gasteiger partial charge in [0.2, 0.25) is 0 Å². The molecule has 0 amide bonds. The molecule has 1 rings (SSSR count). The fraction of sp³-hybridized carbons (Fsp3) is 0.222. The highest BCUT2D eigenvalue weighted by molar-refractivity contribution is 6.42. The lowest BCUT2D eigenvalue weighted by Gasteiger charge is -2.07. The van der Waals surface area contributed by atoms with Crippen molar-refractivity contribution in [2.75, 3.05) is 0 Å². The van der Waals surface area contributed by atoms with Crippen molar-refractivity contribution in [2.24, 2.45) is 0 Å². The van der Waals surface area contributed by atoms with Gasteiger partial charge in [-0.3, -0.25) is 4.79 Å². The molecular formula is C9H6Cl2F2O. The van der Waals surface area contributed by atoms with Crippen molar-refractivity contribution in [1.29, 1.82) is 0 Å². The third kappa shape index (κ3) is 2.22. The number of hydrogen-bond donors (Lipinski definition) is 0. The van der Waals surface area contributed by atoms with Gasteiger partial charge in [-0.25, -0.2) is 8.78 Å². The fourth-order valence-electron chi connectivity index (χ4n) is 1.05. The number of rotatable bonds is 2. The largest absolute Gasteiger partial charge is 0.294 e. The molecule has 0 aliphatic rings. The van der Waals surface area contributed by atoms with Crippen molar-refractivity contribution in [1.82, 2.24) is 0 Å². The number of Topliss-reactive ketones (excluding diaryl/α,β-unsaturated/α-hetero) is 1. The van der Waals surface area contributed by atoms with Gasteiger partial charge >= 0.3 is 0 Å². The molecule has 0 aromatic heterocycles. The first-order valence-electron chi connectivity index (χ1n) is 3.71. The summed E-state index contributed by atoms with van der Waals surface area (Å²) in [6.07, 6.45) is -2.73. The van der Waals surface area contributed by atoms with Crippen LogP contribution in [0.1, 0.15) is 29.3 Å². The van der Waals surface area contributed by atoms with Crippen LogP contribution in [-0.2, 0) is 0 Å². The van der Waals surface area contributed by atoms with Crippen LogP contribution in [0.5, 0.6) is 0 Å². The van der Waals surface area contributed by atoms with Crippen molar-refractivity contribution < 1.29 is 13.6 Å². The molecule has 0 radical (unpaired) electrons. The quantitative estimate of drug-likeness (QED) is 0.709. The van der Waals surface area contributed by atoms with Gasteiger partial charge in [0, 0.05) is 11.1 Å². The molecule has 0 saturated carbocycles. The van der Waals surface area contributed by atoms with Crippen LogP contribution in [0.4, 0.5) is 8.78 Å². The van der Waals surface area contributed by atoms with Gasteiger partial charge in [-0.05, 0) is 19.1 Å². The summed E-state index contributed by atoms with van der Waals surface area (Å²) >= 11 is 11.2. The summed E-state index contributed by atoms with van der Waals surface area (Å²) in [7, 11) is 0. The molecule has 0 atom stereocenters. The average Bonchev–Trinajstić information content (AvgIpc) is 2.08. The predicted molar refractivity (Wildman–Crippen MR) is 51.4 cm³/mol. The van der Waals surface area contributed by atoms with Crippen LogP contribution in [0.2, 0.25) is 10.0 Å². The smallest absolute Gasteiger partial charge is 0.264 e. The Balaban J connectivity index is 3.39. The fourth-order valence-corrected chi connectivity index (χ4v) is 1.38. The third-order valence-electron chi connectivity index (χ3n) is 1.71. The Bertz CT molecular complexity index is 377. The lowest BCUT2D eigenvalue weighted by Crippen LogP contribution is -2.00. The van der Waals surface area contributed by atoms with E-state index in [1.165, 1.54) is 6.92 Å². The van der Waals surface area contributed by atoms with Crippen LogP contribution in [0.3, 0.4) is 0 Å². The number of benzene rings is 1. The molecule has 1 nitrogen and oxygen atoms in total. The highest BCUT2D eigenvalue weighted by Gasteiger charge is 2.18. The van der Waals surface area contributed by atoms with Crippen LogP contribution in [0, 0.1) is 0 Å². The first-order chi connectivity index (χ1) is 6.43. The number of ketones is 1. The summed E-state index contributed by atoms with van der Waals surface area (Å²) in [6, 6.07) is 2.18. The molecule has 14 heavy (non-hydrogen) atoms. The standard InChI is InChI=1S/C9H6Cl2F2O/c1-4(14)5-2-7(10)8(11)3-6(5)9(12)13/h2-3,9H,1H3. The zero-order chi connectivity index (χ0) is 10.9. The normalized spacial score (nSPS) is 10.7. The van der Waals surface area contributed by atoms with E-state index in [-0.39, 0.29) is 21.2 Å². The van der Waals surface area contributed by atoms with Crippen molar-refractivity contribution >= 4 is 29.0 Å². The van der Waals surface area contributed by atoms with Crippen LogP contribution in [-0.4, -0.2) is 5.78 Å². The first kappa shape index (κ1) is 11.4. The molecular weight excluding hydrogens is 233 g/mol. The lowest BCUT2D eigenvalue weighted by atomic mass is 10.0. The number of hydrogen-bond acceptors (Lipinski definition) is 1. The SMILES string of the molecule is CC(=O)c1cc(Cl)c(Cl)cc1C(F)F. The second kappa shape index (κ2) is 4.24. The first-order valence-corrected chi connectivity index (χ1v) is 4.47. The minimum absolute atomic E-state index is 0.0203. The van der Waals surface area contributed by atoms with E-state index < -0.39 is 12.2 Å². The second-order valence-electron chi connectivity index (χ2n) is 2.71. The van der Waals surface area contributed by atoms with E-state index >= 15 is 0 Å². The Hall–Kier alpha value is -0.670. The molecule has 0 saturated heterocycles. The van der Waals surface area contributed by atoms with Gasteiger partial charge < -0.3 is 0 Å². The highest BCUT2D eigenvalue weighted by Crippen LogP contribution is 2.31. The monoisotopic (exact) mass is 238 g/mol. The summed E-state index contributed by atoms with van der Waals surface area (Å²) in [5.74, 6) is -0.459. The number of carbonyl (C=O) groups is 1. The number of carbonyl (C=O) groups excluding carboxylic acids is 1. The van der Waals surface area contributed by atoms with Gasteiger partial charge in [0.05, 0.1) is 10.0 Å². The molecule has 0 heterocycles. The van der Waals surface area contributed by atoms with Crippen LogP contribution in [0.25, 0.3) is 0 Å². The van der Waals surface area contributed by atoms with Gasteiger partial charge in [0.25, 0.3) is 6.43 Å². The number of halogens is 4. The maximum absolute atomic E-state index is 12.4. The third-order valence-corrected chi connectivity index (χ3v) is 2.43. The van der Waals surface area contributed by atoms with Crippen LogP contribution in [0.15, 0.2) is 12.1 Å². The molecule has 1 aromatic carbocycles. The van der Waals surface area contributed by atoms with E-state index in [0.717, 1.165) is 12.1 Å². The topological polar surface area (TPSA) is 17.1 Å². The molecule has 0 fully saturated rings. The van der Waals surface area contributed by atoms with Crippen molar-refractivity contribution in [3.05, 3.63) is 33.3 Å². The second-order valence-corrected chi connectivity index (χ2v) is 3.52. The van der Waals surface area contributed by atoms with Gasteiger partial charge in [0.1, 0.15) is 0 Å². The molecule has 0 bridgehead atoms. The predicted octanol–water partition coefficient (Wildman–Crippen LogP) is 4.13. The average molecular weight is 239 g/mol. The summed E-state index contributed by atoms with van der Waals surface area (Å²) in [4.78, 5) is 11.0. The van der Waals surface area contributed by atoms with Crippen molar-refractivity contribution in [3.63, 3.8) is 0 Å². The van der Waals surface area contributed by atoms with Gasteiger partial charge in [0.15, 0.2) is 5.78 Å². The summed E-state index contributed by atoms with van der Waals surface area (Å²) in [6.45, 7) is 1.20. The maximum atomic E-state index is 12.4. The van der Waals surface area contributed by atoms with Gasteiger partial charge in [-0.15, -0.1) is 0 Å². The Labute approximate surface area is 89.6 Å². The summed E-state index contributed by atoms with van der Waals surface area (Å²) in [5.41, 5.74) is -0.471. The minimum atomic E-state index is -2.73. The zero-order valence-electron chi connectivity index (χ0n) is 7.15. The summed E-state index contributed by atoms with van der Waals surface area (Å²) in [5, 5.41) is 0.119.